The predicted molar refractivity (Wildman–Crippen MR) is 127 cm³/mol. The van der Waals surface area contributed by atoms with Crippen molar-refractivity contribution >= 4 is 39.3 Å². The second-order valence-corrected chi connectivity index (χ2v) is 7.92. The summed E-state index contributed by atoms with van der Waals surface area (Å²) in [6.45, 7) is 6.67. The van der Waals surface area contributed by atoms with Gasteiger partial charge in [-0.15, -0.1) is 0 Å². The molecular weight excluding hydrogens is 386 g/mol. The summed E-state index contributed by atoms with van der Waals surface area (Å²) in [6.07, 6.45) is 0.239. The predicted octanol–water partition coefficient (Wildman–Crippen LogP) is 5.96. The third kappa shape index (κ3) is 4.45. The molecule has 0 atom stereocenters. The number of hydrogen-bond acceptors (Lipinski definition) is 4. The van der Waals surface area contributed by atoms with Gasteiger partial charge in [-0.25, -0.2) is 9.78 Å². The van der Waals surface area contributed by atoms with E-state index in [1.165, 1.54) is 16.7 Å². The number of hydrogen-bond donors (Lipinski definition) is 2. The molecule has 4 rings (SSSR count). The van der Waals surface area contributed by atoms with Crippen molar-refractivity contribution in [3.63, 3.8) is 0 Å². The Morgan fingerprint density at radius 2 is 1.71 bits per heavy atom. The van der Waals surface area contributed by atoms with E-state index in [9.17, 15) is 4.79 Å². The second-order valence-electron chi connectivity index (χ2n) is 7.92. The summed E-state index contributed by atoms with van der Waals surface area (Å²) in [4.78, 5) is 16.2. The fraction of sp³-hybridized carbons (Fsp3) is 0.231. The van der Waals surface area contributed by atoms with Gasteiger partial charge in [-0.3, -0.25) is 0 Å². The van der Waals surface area contributed by atoms with Crippen molar-refractivity contribution in [1.82, 2.24) is 10.3 Å². The Hall–Kier alpha value is -3.60. The van der Waals surface area contributed by atoms with Crippen LogP contribution in [0.5, 0.6) is 0 Å². The first-order valence-corrected chi connectivity index (χ1v) is 10.5. The fourth-order valence-corrected chi connectivity index (χ4v) is 3.73. The van der Waals surface area contributed by atoms with Crippen LogP contribution in [-0.4, -0.2) is 24.7 Å². The van der Waals surface area contributed by atoms with Crippen LogP contribution >= 0.6 is 0 Å². The normalized spacial score (nSPS) is 11.0. The van der Waals surface area contributed by atoms with E-state index in [1.807, 2.05) is 12.1 Å². The Bertz CT molecular complexity index is 1280. The average molecular weight is 414 g/mol. The third-order valence-corrected chi connectivity index (χ3v) is 5.57. The summed E-state index contributed by atoms with van der Waals surface area (Å²) in [5, 5.41) is 8.31. The maximum atomic E-state index is 11.3. The van der Waals surface area contributed by atoms with Gasteiger partial charge in [0.15, 0.2) is 0 Å². The van der Waals surface area contributed by atoms with E-state index >= 15 is 0 Å². The van der Waals surface area contributed by atoms with Crippen LogP contribution in [0.1, 0.15) is 22.3 Å². The van der Waals surface area contributed by atoms with E-state index < -0.39 is 6.09 Å². The number of ether oxygens (including phenoxy) is 1. The average Bonchev–Trinajstić information content (AvgIpc) is 2.75. The Kier molecular flexibility index (Phi) is 5.76. The van der Waals surface area contributed by atoms with Crippen LogP contribution in [0, 0.1) is 20.8 Å². The lowest BCUT2D eigenvalue weighted by Gasteiger charge is -2.16. The smallest absolute Gasteiger partial charge is 0.406 e. The molecule has 5 nitrogen and oxygen atoms in total. The largest absolute Gasteiger partial charge is 0.449 e. The number of nitrogens with zero attached hydrogens (tertiary/aromatic N) is 1. The van der Waals surface area contributed by atoms with Crippen molar-refractivity contribution in [2.45, 2.75) is 27.2 Å². The highest BCUT2D eigenvalue weighted by Crippen LogP contribution is 2.35. The molecule has 31 heavy (non-hydrogen) atoms. The molecule has 0 fully saturated rings. The molecule has 4 aromatic rings. The van der Waals surface area contributed by atoms with Gasteiger partial charge >= 0.3 is 6.09 Å². The minimum absolute atomic E-state index is 0.335. The van der Waals surface area contributed by atoms with Crippen LogP contribution in [0.25, 0.3) is 21.8 Å². The first-order chi connectivity index (χ1) is 14.9. The molecule has 5 heteroatoms. The fourth-order valence-electron chi connectivity index (χ4n) is 3.73. The molecule has 0 spiro atoms. The molecule has 0 unspecified atom stereocenters. The second kappa shape index (κ2) is 8.64. The van der Waals surface area contributed by atoms with Crippen LogP contribution in [0.2, 0.25) is 0 Å². The van der Waals surface area contributed by atoms with E-state index in [4.69, 9.17) is 9.72 Å². The van der Waals surface area contributed by atoms with Gasteiger partial charge in [-0.2, -0.15) is 0 Å². The van der Waals surface area contributed by atoms with Crippen LogP contribution in [0.4, 0.5) is 16.2 Å². The van der Waals surface area contributed by atoms with Crippen LogP contribution < -0.4 is 10.6 Å². The first-order valence-electron chi connectivity index (χ1n) is 10.5. The van der Waals surface area contributed by atoms with E-state index in [0.29, 0.717) is 13.0 Å². The van der Waals surface area contributed by atoms with Gasteiger partial charge in [0.1, 0.15) is 0 Å². The number of benzene rings is 3. The zero-order valence-electron chi connectivity index (χ0n) is 18.4. The number of carbonyl (C=O) groups is 1. The lowest BCUT2D eigenvalue weighted by atomic mass is 10.0. The molecule has 1 aromatic heterocycles. The molecule has 0 aliphatic rings. The van der Waals surface area contributed by atoms with Crippen LogP contribution in [0.15, 0.2) is 54.6 Å². The van der Waals surface area contributed by atoms with Gasteiger partial charge in [0.2, 0.25) is 0 Å². The van der Waals surface area contributed by atoms with E-state index in [-0.39, 0.29) is 0 Å². The number of anilines is 2. The molecular formula is C26H27N3O2. The van der Waals surface area contributed by atoms with Crippen molar-refractivity contribution in [2.75, 3.05) is 19.0 Å². The summed E-state index contributed by atoms with van der Waals surface area (Å²) in [5.74, 6) is 0. The maximum absolute atomic E-state index is 11.3. The number of aromatic nitrogens is 1. The van der Waals surface area contributed by atoms with Crippen molar-refractivity contribution in [2.24, 2.45) is 0 Å². The quantitative estimate of drug-likeness (QED) is 0.397. The lowest BCUT2D eigenvalue weighted by molar-refractivity contribution is 0.150. The Morgan fingerprint density at radius 3 is 2.52 bits per heavy atom. The Labute approximate surface area is 182 Å². The molecule has 3 aromatic carbocycles. The molecule has 0 aliphatic carbocycles. The lowest BCUT2D eigenvalue weighted by Crippen LogP contribution is -2.20. The van der Waals surface area contributed by atoms with Crippen molar-refractivity contribution < 1.29 is 9.53 Å². The summed E-state index contributed by atoms with van der Waals surface area (Å²) in [7, 11) is 1.56. The third-order valence-electron chi connectivity index (χ3n) is 5.57. The molecule has 0 saturated carbocycles. The van der Waals surface area contributed by atoms with Crippen LogP contribution in [-0.2, 0) is 11.2 Å². The monoisotopic (exact) mass is 413 g/mol. The van der Waals surface area contributed by atoms with Gasteiger partial charge in [-0.1, -0.05) is 24.3 Å². The van der Waals surface area contributed by atoms with E-state index in [2.05, 4.69) is 73.9 Å². The highest BCUT2D eigenvalue weighted by Gasteiger charge is 2.12. The summed E-state index contributed by atoms with van der Waals surface area (Å²) in [6, 6.07) is 19.0. The SMILES string of the molecule is CNC(=O)OCCc1cccc(Nc2c3ccc(C)cc3nc3cc(C)c(C)cc23)c1. The van der Waals surface area contributed by atoms with Crippen molar-refractivity contribution in [3.8, 4) is 0 Å². The highest BCUT2D eigenvalue weighted by atomic mass is 16.5. The van der Waals surface area contributed by atoms with Crippen molar-refractivity contribution in [1.29, 1.82) is 0 Å². The Balaban J connectivity index is 1.74. The van der Waals surface area contributed by atoms with Crippen molar-refractivity contribution in [3.05, 3.63) is 76.9 Å². The molecule has 0 bridgehead atoms. The highest BCUT2D eigenvalue weighted by molar-refractivity contribution is 6.09. The zero-order valence-corrected chi connectivity index (χ0v) is 18.4. The standard InChI is InChI=1S/C26H27N3O2/c1-16-8-9-21-23(12-16)29-24-14-18(3)17(2)13-22(24)25(21)28-20-7-5-6-19(15-20)10-11-31-26(30)27-4/h5-9,12-15H,10-11H2,1-4H3,(H,27,30)(H,28,29). The number of amides is 1. The van der Waals surface area contributed by atoms with Gasteiger partial charge in [0, 0.05) is 29.9 Å². The minimum Gasteiger partial charge on any atom is -0.449 e. The number of pyridine rings is 1. The summed E-state index contributed by atoms with van der Waals surface area (Å²) in [5.41, 5.74) is 8.77. The summed E-state index contributed by atoms with van der Waals surface area (Å²) < 4.78 is 5.13. The molecule has 158 valence electrons. The zero-order chi connectivity index (χ0) is 22.0. The number of nitrogens with one attached hydrogen (secondary N) is 2. The number of rotatable bonds is 5. The van der Waals surface area contributed by atoms with E-state index in [0.717, 1.165) is 38.7 Å². The number of carbonyl (C=O) groups excluding carboxylic acids is 1. The van der Waals surface area contributed by atoms with E-state index in [1.54, 1.807) is 7.05 Å². The maximum Gasteiger partial charge on any atom is 0.406 e. The summed E-state index contributed by atoms with van der Waals surface area (Å²) >= 11 is 0. The number of fused-ring (bicyclic) bond motifs is 2. The number of aryl methyl sites for hydroxylation is 3. The molecule has 1 amide bonds. The number of alkyl carbamates (subject to hydrolysis) is 1. The first kappa shape index (κ1) is 20.7. The topological polar surface area (TPSA) is 63.2 Å². The van der Waals surface area contributed by atoms with Gasteiger partial charge in [0.25, 0.3) is 0 Å². The van der Waals surface area contributed by atoms with Gasteiger partial charge in [0.05, 0.1) is 23.3 Å². The molecule has 1 heterocycles. The molecule has 2 N–H and O–H groups in total. The van der Waals surface area contributed by atoms with Crippen LogP contribution in [0.3, 0.4) is 0 Å². The van der Waals surface area contributed by atoms with Gasteiger partial charge < -0.3 is 15.4 Å². The Morgan fingerprint density at radius 1 is 0.935 bits per heavy atom. The van der Waals surface area contributed by atoms with Gasteiger partial charge in [-0.05, 0) is 73.4 Å². The molecule has 0 aliphatic heterocycles. The molecule has 0 radical (unpaired) electrons. The minimum atomic E-state index is -0.412. The molecule has 0 saturated heterocycles.